The first-order chi connectivity index (χ1) is 10.1. The minimum absolute atomic E-state index is 0.434. The summed E-state index contributed by atoms with van der Waals surface area (Å²) >= 11 is 0.434. The predicted molar refractivity (Wildman–Crippen MR) is 108 cm³/mol. The summed E-state index contributed by atoms with van der Waals surface area (Å²) in [6, 6.07) is 0. The normalized spacial score (nSPS) is 12.9. The molecule has 0 aromatic carbocycles. The summed E-state index contributed by atoms with van der Waals surface area (Å²) in [4.78, 5) is 0. The Morgan fingerprint density at radius 1 is 0.429 bits per heavy atom. The van der Waals surface area contributed by atoms with Gasteiger partial charge in [-0.2, -0.15) is 0 Å². The molecule has 0 aliphatic rings. The van der Waals surface area contributed by atoms with Gasteiger partial charge in [-0.3, -0.25) is 0 Å². The van der Waals surface area contributed by atoms with Gasteiger partial charge in [-0.25, -0.2) is 0 Å². The van der Waals surface area contributed by atoms with E-state index in [4.69, 9.17) is 0 Å². The molecular formula is C18H42Ge2Te. The van der Waals surface area contributed by atoms with Crippen LogP contribution in [0.4, 0.5) is 0 Å². The van der Waals surface area contributed by atoms with E-state index >= 15 is 0 Å². The molecule has 0 aromatic rings. The molecule has 0 amide bonds. The van der Waals surface area contributed by atoms with Gasteiger partial charge in [0.2, 0.25) is 0 Å². The van der Waals surface area contributed by atoms with Crippen molar-refractivity contribution in [1.82, 2.24) is 0 Å². The molecule has 0 aliphatic heterocycles. The molecule has 0 atom stereocenters. The Hall–Kier alpha value is 1.88. The summed E-state index contributed by atoms with van der Waals surface area (Å²) in [5.74, 6) is 0. The van der Waals surface area contributed by atoms with Gasteiger partial charge in [0.05, 0.1) is 0 Å². The summed E-state index contributed by atoms with van der Waals surface area (Å²) < 4.78 is 0. The number of hydrogen-bond acceptors (Lipinski definition) is 0. The molecule has 0 N–H and O–H groups in total. The van der Waals surface area contributed by atoms with Crippen LogP contribution in [0.2, 0.25) is 31.5 Å². The van der Waals surface area contributed by atoms with Crippen molar-refractivity contribution in [2.45, 2.75) is 112 Å². The first kappa shape index (κ1) is 22.9. The molecule has 0 spiro atoms. The number of hydrogen-bond donors (Lipinski definition) is 0. The molecule has 0 rings (SSSR count). The van der Waals surface area contributed by atoms with E-state index in [1.165, 1.54) is 38.5 Å². The summed E-state index contributed by atoms with van der Waals surface area (Å²) in [6.45, 7) is 14.9. The van der Waals surface area contributed by atoms with E-state index in [0.29, 0.717) is 16.2 Å². The van der Waals surface area contributed by atoms with Crippen LogP contribution in [-0.2, 0) is 0 Å². The van der Waals surface area contributed by atoms with Gasteiger partial charge in [0, 0.05) is 0 Å². The first-order valence-corrected chi connectivity index (χ1v) is 32.5. The number of rotatable bonds is 14. The van der Waals surface area contributed by atoms with Crippen LogP contribution in [0.15, 0.2) is 0 Å². The molecule has 0 radical (unpaired) electrons. The van der Waals surface area contributed by atoms with Crippen molar-refractivity contribution >= 4 is 36.3 Å². The van der Waals surface area contributed by atoms with Crippen LogP contribution in [0.25, 0.3) is 0 Å². The van der Waals surface area contributed by atoms with Crippen molar-refractivity contribution in [1.29, 1.82) is 0 Å². The molecular weight excluding hydrogens is 489 g/mol. The Labute approximate surface area is 146 Å². The van der Waals surface area contributed by atoms with E-state index in [0.717, 1.165) is 0 Å². The zero-order chi connectivity index (χ0) is 16.2. The standard InChI is InChI=1S/C18H42Ge2Te/c1-7-13-19(14-8-2,15-9-3)21-20(16-10-4,17-11-5)18-12-6/h7-18H2,1-6H3. The zero-order valence-corrected chi connectivity index (χ0v) is 22.4. The van der Waals surface area contributed by atoms with E-state index in [1.807, 2.05) is 0 Å². The minimum atomic E-state index is -1.42. The van der Waals surface area contributed by atoms with Crippen LogP contribution in [0.1, 0.15) is 80.1 Å². The van der Waals surface area contributed by atoms with Gasteiger partial charge in [0.1, 0.15) is 0 Å². The molecule has 128 valence electrons. The fraction of sp³-hybridized carbons (Fsp3) is 1.00. The third kappa shape index (κ3) is 8.50. The summed E-state index contributed by atoms with van der Waals surface area (Å²) in [5.41, 5.74) is 0. The second-order valence-electron chi connectivity index (χ2n) is 6.97. The van der Waals surface area contributed by atoms with E-state index in [9.17, 15) is 0 Å². The molecule has 0 saturated heterocycles. The Morgan fingerprint density at radius 3 is 0.762 bits per heavy atom. The molecule has 0 heterocycles. The molecule has 0 saturated carbocycles. The predicted octanol–water partition coefficient (Wildman–Crippen LogP) is 7.04. The molecule has 0 aromatic heterocycles. The van der Waals surface area contributed by atoms with Gasteiger partial charge < -0.3 is 0 Å². The average molecular weight is 531 g/mol. The van der Waals surface area contributed by atoms with Gasteiger partial charge in [0.25, 0.3) is 0 Å². The Bertz CT molecular complexity index is 185. The maximum absolute atomic E-state index is 2.48. The van der Waals surface area contributed by atoms with Crippen molar-refractivity contribution in [3.63, 3.8) is 0 Å². The zero-order valence-electron chi connectivity index (χ0n) is 15.9. The second-order valence-corrected chi connectivity index (χ2v) is 67.3. The van der Waals surface area contributed by atoms with Crippen LogP contribution < -0.4 is 0 Å². The summed E-state index contributed by atoms with van der Waals surface area (Å²) in [7, 11) is -2.83. The van der Waals surface area contributed by atoms with E-state index in [1.54, 1.807) is 31.5 Å². The SMILES string of the molecule is CC[CH2][Ge]([CH2]CC)([CH2]CC)[Te][Ge]([CH2]CC)([CH2]CC)[CH2]CC. The quantitative estimate of drug-likeness (QED) is 0.211. The topological polar surface area (TPSA) is 0 Å². The van der Waals surface area contributed by atoms with Crippen molar-refractivity contribution in [3.8, 4) is 0 Å². The van der Waals surface area contributed by atoms with Gasteiger partial charge in [0.15, 0.2) is 0 Å². The van der Waals surface area contributed by atoms with Crippen LogP contribution >= 0.6 is 0 Å². The van der Waals surface area contributed by atoms with Crippen molar-refractivity contribution in [2.24, 2.45) is 0 Å². The van der Waals surface area contributed by atoms with Gasteiger partial charge in [-0.1, -0.05) is 0 Å². The van der Waals surface area contributed by atoms with Gasteiger partial charge in [-0.15, -0.1) is 0 Å². The van der Waals surface area contributed by atoms with E-state index in [2.05, 4.69) is 41.5 Å². The fourth-order valence-electron chi connectivity index (χ4n) is 4.25. The van der Waals surface area contributed by atoms with Gasteiger partial charge in [-0.05, 0) is 0 Å². The monoisotopic (exact) mass is 536 g/mol. The molecule has 3 heteroatoms. The van der Waals surface area contributed by atoms with Gasteiger partial charge >= 0.3 is 148 Å². The molecule has 0 bridgehead atoms. The van der Waals surface area contributed by atoms with Crippen LogP contribution in [0, 0.1) is 0 Å². The van der Waals surface area contributed by atoms with Crippen molar-refractivity contribution < 1.29 is 0 Å². The molecule has 0 fully saturated rings. The van der Waals surface area contributed by atoms with E-state index < -0.39 is 20.0 Å². The Morgan fingerprint density at radius 2 is 0.619 bits per heavy atom. The fourth-order valence-corrected chi connectivity index (χ4v) is 175. The van der Waals surface area contributed by atoms with Crippen LogP contribution in [0.5, 0.6) is 0 Å². The molecule has 0 nitrogen and oxygen atoms in total. The Balaban J connectivity index is 5.30. The average Bonchev–Trinajstić information content (AvgIpc) is 2.40. The van der Waals surface area contributed by atoms with Crippen LogP contribution in [0.3, 0.4) is 0 Å². The third-order valence-electron chi connectivity index (χ3n) is 4.67. The second kappa shape index (κ2) is 13.2. The molecule has 0 unspecified atom stereocenters. The van der Waals surface area contributed by atoms with Crippen LogP contribution in [-0.4, -0.2) is 36.3 Å². The van der Waals surface area contributed by atoms with Crippen molar-refractivity contribution in [3.05, 3.63) is 0 Å². The van der Waals surface area contributed by atoms with E-state index in [-0.39, 0.29) is 0 Å². The summed E-state index contributed by atoms with van der Waals surface area (Å²) in [5, 5.41) is 10.5. The maximum atomic E-state index is 2.48. The molecule has 0 aliphatic carbocycles. The Kier molecular flexibility index (Phi) is 14.4. The third-order valence-corrected chi connectivity index (χ3v) is 119. The molecule has 21 heavy (non-hydrogen) atoms. The summed E-state index contributed by atoms with van der Waals surface area (Å²) in [6.07, 6.45) is 9.04. The van der Waals surface area contributed by atoms with Crippen molar-refractivity contribution in [2.75, 3.05) is 0 Å². The first-order valence-electron chi connectivity index (χ1n) is 9.77.